The van der Waals surface area contributed by atoms with Crippen molar-refractivity contribution >= 4 is 23.0 Å². The minimum atomic E-state index is -0.583. The molecule has 0 radical (unpaired) electrons. The monoisotopic (exact) mass is 521 g/mol. The second-order valence-electron chi connectivity index (χ2n) is 10.5. The van der Waals surface area contributed by atoms with Crippen LogP contribution < -0.4 is 5.48 Å². The van der Waals surface area contributed by atoms with Crippen molar-refractivity contribution in [2.45, 2.75) is 73.0 Å². The minimum Gasteiger partial charge on any atom is -0.460 e. The van der Waals surface area contributed by atoms with Crippen molar-refractivity contribution < 1.29 is 14.7 Å². The van der Waals surface area contributed by atoms with Gasteiger partial charge in [-0.1, -0.05) is 35.9 Å². The summed E-state index contributed by atoms with van der Waals surface area (Å²) in [4.78, 5) is 19.2. The second kappa shape index (κ2) is 10.7. The lowest BCUT2D eigenvalue weighted by Crippen LogP contribution is -2.25. The van der Waals surface area contributed by atoms with Crippen LogP contribution in [-0.2, 0) is 16.0 Å². The van der Waals surface area contributed by atoms with Crippen LogP contribution >= 0.6 is 11.3 Å². The van der Waals surface area contributed by atoms with Gasteiger partial charge in [-0.25, -0.2) is 5.48 Å². The Morgan fingerprint density at radius 2 is 1.89 bits per heavy atom. The Morgan fingerprint density at radius 1 is 1.19 bits per heavy atom. The number of aryl methyl sites for hydroxylation is 2. The Kier molecular flexibility index (Phi) is 7.77. The summed E-state index contributed by atoms with van der Waals surface area (Å²) in [5.41, 5.74) is 7.87. The van der Waals surface area contributed by atoms with Crippen LogP contribution in [0.15, 0.2) is 40.9 Å². The number of thiophene rings is 1. The predicted octanol–water partition coefficient (Wildman–Crippen LogP) is 5.35. The van der Waals surface area contributed by atoms with Gasteiger partial charge in [-0.2, -0.15) is 0 Å². The van der Waals surface area contributed by atoms with Gasteiger partial charge in [0, 0.05) is 22.5 Å². The van der Waals surface area contributed by atoms with E-state index < -0.39 is 11.6 Å². The standard InChI is InChI=1S/C28H35N5O3S/c1-16(15-29-35)8-9-20-10-12-21(13-11-20)25-24-17(2)18(3)37-27(24)33-19(4)31-32-26(33)22(30-25)14-23(34)36-28(5,6)7/h8,10-13,22,29,35H,9,14-15H2,1-7H3/b16-8+/t22-/m0/s1. The Hall–Kier alpha value is -3.14. The van der Waals surface area contributed by atoms with Gasteiger partial charge in [-0.3, -0.25) is 14.4 Å². The third-order valence-corrected chi connectivity index (χ3v) is 7.48. The third kappa shape index (κ3) is 5.89. The highest BCUT2D eigenvalue weighted by Crippen LogP contribution is 2.39. The molecule has 0 aliphatic carbocycles. The molecule has 8 nitrogen and oxygen atoms in total. The molecular formula is C28H35N5O3S. The second-order valence-corrected chi connectivity index (χ2v) is 11.7. The molecule has 0 amide bonds. The summed E-state index contributed by atoms with van der Waals surface area (Å²) in [5, 5.41) is 18.7. The quantitative estimate of drug-likeness (QED) is 0.247. The lowest BCUT2D eigenvalue weighted by molar-refractivity contribution is -0.155. The lowest BCUT2D eigenvalue weighted by atomic mass is 9.98. The van der Waals surface area contributed by atoms with Crippen LogP contribution in [0.5, 0.6) is 0 Å². The highest BCUT2D eigenvalue weighted by Gasteiger charge is 2.33. The Bertz CT molecular complexity index is 1360. The lowest BCUT2D eigenvalue weighted by Gasteiger charge is -2.21. The molecule has 196 valence electrons. The van der Waals surface area contributed by atoms with Crippen LogP contribution in [-0.4, -0.2) is 43.8 Å². The van der Waals surface area contributed by atoms with E-state index in [0.717, 1.165) is 50.8 Å². The van der Waals surface area contributed by atoms with E-state index in [2.05, 4.69) is 59.9 Å². The Balaban J connectivity index is 1.79. The van der Waals surface area contributed by atoms with E-state index >= 15 is 0 Å². The number of aliphatic imine (C=N–C) groups is 1. The van der Waals surface area contributed by atoms with Crippen LogP contribution in [0.25, 0.3) is 5.00 Å². The summed E-state index contributed by atoms with van der Waals surface area (Å²) < 4.78 is 7.68. The zero-order chi connectivity index (χ0) is 26.9. The fourth-order valence-electron chi connectivity index (χ4n) is 4.35. The van der Waals surface area contributed by atoms with Crippen LogP contribution in [0.3, 0.4) is 0 Å². The summed E-state index contributed by atoms with van der Waals surface area (Å²) in [6, 6.07) is 7.84. The largest absolute Gasteiger partial charge is 0.460 e. The third-order valence-electron chi connectivity index (χ3n) is 6.29. The number of ether oxygens (including phenoxy) is 1. The summed E-state index contributed by atoms with van der Waals surface area (Å²) in [6.45, 7) is 14.2. The molecule has 0 spiro atoms. The van der Waals surface area contributed by atoms with Crippen molar-refractivity contribution in [1.29, 1.82) is 0 Å². The average Bonchev–Trinajstić information content (AvgIpc) is 3.29. The molecule has 0 bridgehead atoms. The highest BCUT2D eigenvalue weighted by atomic mass is 32.1. The predicted molar refractivity (Wildman–Crippen MR) is 146 cm³/mol. The molecule has 1 atom stereocenters. The topological polar surface area (TPSA) is 102 Å². The summed E-state index contributed by atoms with van der Waals surface area (Å²) in [7, 11) is 0. The van der Waals surface area contributed by atoms with Gasteiger partial charge in [0.15, 0.2) is 5.82 Å². The number of carbonyl (C=O) groups excluding carboxylic acids is 1. The van der Waals surface area contributed by atoms with Crippen LogP contribution in [0.4, 0.5) is 0 Å². The van der Waals surface area contributed by atoms with Crippen molar-refractivity contribution in [3.05, 3.63) is 74.7 Å². The molecule has 4 rings (SSSR count). The van der Waals surface area contributed by atoms with E-state index in [-0.39, 0.29) is 12.4 Å². The van der Waals surface area contributed by atoms with E-state index in [4.69, 9.17) is 14.9 Å². The van der Waals surface area contributed by atoms with Crippen LogP contribution in [0, 0.1) is 20.8 Å². The molecule has 1 aromatic carbocycles. The smallest absolute Gasteiger partial charge is 0.308 e. The first-order chi connectivity index (χ1) is 17.5. The number of hydrogen-bond donors (Lipinski definition) is 2. The number of allylic oxidation sites excluding steroid dienone is 1. The number of rotatable bonds is 7. The van der Waals surface area contributed by atoms with E-state index in [1.54, 1.807) is 11.3 Å². The summed E-state index contributed by atoms with van der Waals surface area (Å²) in [5.74, 6) is 1.09. The van der Waals surface area contributed by atoms with E-state index in [1.165, 1.54) is 4.88 Å². The molecule has 2 aromatic heterocycles. The van der Waals surface area contributed by atoms with Crippen molar-refractivity contribution in [1.82, 2.24) is 20.2 Å². The molecule has 0 unspecified atom stereocenters. The minimum absolute atomic E-state index is 0.0763. The van der Waals surface area contributed by atoms with Gasteiger partial charge in [0.25, 0.3) is 0 Å². The van der Waals surface area contributed by atoms with Crippen molar-refractivity contribution in [3.8, 4) is 5.00 Å². The van der Waals surface area contributed by atoms with Crippen LogP contribution in [0.2, 0.25) is 0 Å². The van der Waals surface area contributed by atoms with E-state index in [1.807, 2.05) is 39.2 Å². The number of fused-ring (bicyclic) bond motifs is 3. The molecule has 37 heavy (non-hydrogen) atoms. The van der Waals surface area contributed by atoms with Gasteiger partial charge in [-0.15, -0.1) is 21.5 Å². The number of carbonyl (C=O) groups is 1. The van der Waals surface area contributed by atoms with E-state index in [0.29, 0.717) is 12.4 Å². The van der Waals surface area contributed by atoms with Gasteiger partial charge >= 0.3 is 5.97 Å². The number of hydroxylamine groups is 1. The molecule has 0 saturated carbocycles. The molecule has 3 heterocycles. The highest BCUT2D eigenvalue weighted by molar-refractivity contribution is 7.15. The molecule has 0 saturated heterocycles. The van der Waals surface area contributed by atoms with Gasteiger partial charge in [-0.05, 0) is 66.0 Å². The molecule has 3 aromatic rings. The van der Waals surface area contributed by atoms with Crippen molar-refractivity contribution in [3.63, 3.8) is 0 Å². The number of nitrogens with one attached hydrogen (secondary N) is 1. The first-order valence-electron chi connectivity index (χ1n) is 12.4. The maximum absolute atomic E-state index is 12.9. The maximum Gasteiger partial charge on any atom is 0.308 e. The maximum atomic E-state index is 12.9. The summed E-state index contributed by atoms with van der Waals surface area (Å²) in [6.07, 6.45) is 2.94. The first-order valence-corrected chi connectivity index (χ1v) is 13.2. The number of esters is 1. The Labute approximate surface area is 222 Å². The van der Waals surface area contributed by atoms with Crippen molar-refractivity contribution in [2.24, 2.45) is 4.99 Å². The Morgan fingerprint density at radius 3 is 2.54 bits per heavy atom. The first kappa shape index (κ1) is 26.9. The van der Waals surface area contributed by atoms with E-state index in [9.17, 15) is 4.79 Å². The molecular weight excluding hydrogens is 486 g/mol. The number of nitrogens with zero attached hydrogens (tertiary/aromatic N) is 4. The molecule has 2 N–H and O–H groups in total. The summed E-state index contributed by atoms with van der Waals surface area (Å²) >= 11 is 1.69. The molecule has 1 aliphatic rings. The zero-order valence-corrected chi connectivity index (χ0v) is 23.4. The van der Waals surface area contributed by atoms with Crippen LogP contribution in [0.1, 0.15) is 78.9 Å². The van der Waals surface area contributed by atoms with Crippen molar-refractivity contribution in [2.75, 3.05) is 6.54 Å². The molecule has 9 heteroatoms. The zero-order valence-electron chi connectivity index (χ0n) is 22.5. The number of hydrogen-bond acceptors (Lipinski definition) is 8. The SMILES string of the molecule is C/C(=C\Cc1ccc(C2=N[C@@H](CC(=O)OC(C)(C)C)c3nnc(C)n3-c3sc(C)c(C)c32)cc1)CNO. The normalized spacial score (nSPS) is 15.6. The van der Waals surface area contributed by atoms with Gasteiger partial charge in [0.05, 0.1) is 12.1 Å². The van der Waals surface area contributed by atoms with Gasteiger partial charge in [0.2, 0.25) is 0 Å². The number of aromatic nitrogens is 3. The molecule has 1 aliphatic heterocycles. The fraction of sp³-hybridized carbons (Fsp3) is 0.429. The average molecular weight is 522 g/mol. The molecule has 0 fully saturated rings. The van der Waals surface area contributed by atoms with Gasteiger partial charge < -0.3 is 9.94 Å². The van der Waals surface area contributed by atoms with Gasteiger partial charge in [0.1, 0.15) is 22.5 Å². The fourth-order valence-corrected chi connectivity index (χ4v) is 5.57. The number of benzene rings is 1.